The second-order valence-corrected chi connectivity index (χ2v) is 7.27. The first kappa shape index (κ1) is 16.9. The lowest BCUT2D eigenvalue weighted by Gasteiger charge is -2.35. The minimum absolute atomic E-state index is 0.204. The Kier molecular flexibility index (Phi) is 7.28. The molecular formula is C13H29N3O2S. The van der Waals surface area contributed by atoms with Crippen molar-refractivity contribution in [2.75, 3.05) is 33.7 Å². The molecule has 1 saturated carbocycles. The summed E-state index contributed by atoms with van der Waals surface area (Å²) < 4.78 is 28.4. The predicted octanol–water partition coefficient (Wildman–Crippen LogP) is 1.43. The summed E-state index contributed by atoms with van der Waals surface area (Å²) in [4.78, 5) is 0. The van der Waals surface area contributed by atoms with Crippen LogP contribution in [-0.2, 0) is 10.2 Å². The topological polar surface area (TPSA) is 52.7 Å². The van der Waals surface area contributed by atoms with Crippen molar-refractivity contribution >= 4 is 10.2 Å². The molecule has 114 valence electrons. The molecule has 0 atom stereocenters. The molecule has 1 aliphatic carbocycles. The summed E-state index contributed by atoms with van der Waals surface area (Å²) in [6, 6.07) is 0.204. The zero-order valence-electron chi connectivity index (χ0n) is 12.6. The van der Waals surface area contributed by atoms with Gasteiger partial charge in [0.15, 0.2) is 0 Å². The average molecular weight is 291 g/mol. The van der Waals surface area contributed by atoms with Crippen LogP contribution in [0.5, 0.6) is 0 Å². The van der Waals surface area contributed by atoms with Gasteiger partial charge in [-0.3, -0.25) is 0 Å². The van der Waals surface area contributed by atoms with Gasteiger partial charge >= 0.3 is 0 Å². The highest BCUT2D eigenvalue weighted by Crippen LogP contribution is 2.25. The van der Waals surface area contributed by atoms with Crippen LogP contribution in [0.4, 0.5) is 0 Å². The number of hydrogen-bond acceptors (Lipinski definition) is 3. The van der Waals surface area contributed by atoms with Crippen molar-refractivity contribution in [3.8, 4) is 0 Å². The van der Waals surface area contributed by atoms with E-state index in [2.05, 4.69) is 5.32 Å². The fraction of sp³-hybridized carbons (Fsp3) is 1.00. The molecule has 0 aromatic carbocycles. The largest absolute Gasteiger partial charge is 0.320 e. The van der Waals surface area contributed by atoms with Crippen molar-refractivity contribution in [3.63, 3.8) is 0 Å². The van der Waals surface area contributed by atoms with Gasteiger partial charge in [-0.2, -0.15) is 17.0 Å². The lowest BCUT2D eigenvalue weighted by molar-refractivity contribution is 0.245. The molecule has 0 aromatic rings. The van der Waals surface area contributed by atoms with Gasteiger partial charge in [0.1, 0.15) is 0 Å². The zero-order valence-corrected chi connectivity index (χ0v) is 13.4. The van der Waals surface area contributed by atoms with E-state index in [1.54, 1.807) is 11.4 Å². The molecule has 1 N–H and O–H groups in total. The van der Waals surface area contributed by atoms with Crippen molar-refractivity contribution in [2.45, 2.75) is 51.5 Å². The van der Waals surface area contributed by atoms with Crippen LogP contribution >= 0.6 is 0 Å². The minimum Gasteiger partial charge on any atom is -0.320 e. The monoisotopic (exact) mass is 291 g/mol. The van der Waals surface area contributed by atoms with Crippen molar-refractivity contribution in [2.24, 2.45) is 0 Å². The Balaban J connectivity index is 2.65. The van der Waals surface area contributed by atoms with E-state index in [1.807, 2.05) is 14.0 Å². The van der Waals surface area contributed by atoms with Crippen LogP contribution in [-0.4, -0.2) is 56.8 Å². The summed E-state index contributed by atoms with van der Waals surface area (Å²) in [6.07, 6.45) is 6.41. The van der Waals surface area contributed by atoms with E-state index in [9.17, 15) is 8.42 Å². The van der Waals surface area contributed by atoms with E-state index in [0.29, 0.717) is 13.1 Å². The average Bonchev–Trinajstić information content (AvgIpc) is 2.40. The third kappa shape index (κ3) is 4.70. The van der Waals surface area contributed by atoms with E-state index >= 15 is 0 Å². The van der Waals surface area contributed by atoms with Gasteiger partial charge in [0.25, 0.3) is 10.2 Å². The molecule has 0 amide bonds. The maximum Gasteiger partial charge on any atom is 0.281 e. The van der Waals surface area contributed by atoms with Crippen LogP contribution < -0.4 is 5.32 Å². The Morgan fingerprint density at radius 3 is 2.37 bits per heavy atom. The summed E-state index contributed by atoms with van der Waals surface area (Å²) in [5.74, 6) is 0. The molecule has 0 aromatic heterocycles. The van der Waals surface area contributed by atoms with E-state index in [0.717, 1.165) is 38.6 Å². The molecule has 1 rings (SSSR count). The number of nitrogens with one attached hydrogen (secondary N) is 1. The molecule has 6 heteroatoms. The van der Waals surface area contributed by atoms with Crippen LogP contribution in [0.3, 0.4) is 0 Å². The summed E-state index contributed by atoms with van der Waals surface area (Å²) in [6.45, 7) is 3.93. The van der Waals surface area contributed by atoms with Gasteiger partial charge in [-0.25, -0.2) is 0 Å². The molecule has 1 fully saturated rings. The number of rotatable bonds is 8. The van der Waals surface area contributed by atoms with E-state index in [-0.39, 0.29) is 6.04 Å². The fourth-order valence-electron chi connectivity index (χ4n) is 2.75. The smallest absolute Gasteiger partial charge is 0.281 e. The van der Waals surface area contributed by atoms with E-state index < -0.39 is 10.2 Å². The molecule has 0 saturated heterocycles. The van der Waals surface area contributed by atoms with Crippen LogP contribution in [0, 0.1) is 0 Å². The first-order valence-corrected chi connectivity index (χ1v) is 8.81. The third-order valence-electron chi connectivity index (χ3n) is 3.88. The van der Waals surface area contributed by atoms with Crippen LogP contribution in [0.1, 0.15) is 45.4 Å². The Hall–Kier alpha value is -0.170. The van der Waals surface area contributed by atoms with Gasteiger partial charge in [-0.1, -0.05) is 26.2 Å². The maximum atomic E-state index is 12.6. The van der Waals surface area contributed by atoms with E-state index in [1.165, 1.54) is 10.7 Å². The number of hydrogen-bond donors (Lipinski definition) is 1. The van der Waals surface area contributed by atoms with Crippen molar-refractivity contribution in [3.05, 3.63) is 0 Å². The normalized spacial score (nSPS) is 18.4. The van der Waals surface area contributed by atoms with Gasteiger partial charge in [-0.15, -0.1) is 0 Å². The molecule has 0 radical (unpaired) electrons. The van der Waals surface area contributed by atoms with Gasteiger partial charge in [0.05, 0.1) is 0 Å². The van der Waals surface area contributed by atoms with Crippen LogP contribution in [0.2, 0.25) is 0 Å². The zero-order chi connectivity index (χ0) is 14.3. The van der Waals surface area contributed by atoms with Gasteiger partial charge in [0, 0.05) is 26.2 Å². The second-order valence-electron chi connectivity index (χ2n) is 5.28. The Morgan fingerprint density at radius 2 is 1.84 bits per heavy atom. The summed E-state index contributed by atoms with van der Waals surface area (Å²) in [7, 11) is 0.282. The first-order chi connectivity index (χ1) is 9.04. The highest BCUT2D eigenvalue weighted by molar-refractivity contribution is 7.86. The fourth-order valence-corrected chi connectivity index (χ4v) is 4.38. The van der Waals surface area contributed by atoms with Crippen LogP contribution in [0.15, 0.2) is 0 Å². The molecule has 0 unspecified atom stereocenters. The summed E-state index contributed by atoms with van der Waals surface area (Å²) >= 11 is 0. The Bertz CT molecular complexity index is 340. The first-order valence-electron chi connectivity index (χ1n) is 7.41. The summed E-state index contributed by atoms with van der Waals surface area (Å²) in [5.41, 5.74) is 0. The summed E-state index contributed by atoms with van der Waals surface area (Å²) in [5, 5.41) is 3.05. The van der Waals surface area contributed by atoms with Crippen LogP contribution in [0.25, 0.3) is 0 Å². The molecule has 0 spiro atoms. The van der Waals surface area contributed by atoms with Gasteiger partial charge < -0.3 is 5.32 Å². The predicted molar refractivity (Wildman–Crippen MR) is 79.3 cm³/mol. The molecule has 19 heavy (non-hydrogen) atoms. The quantitative estimate of drug-likeness (QED) is 0.688. The molecule has 5 nitrogen and oxygen atoms in total. The van der Waals surface area contributed by atoms with Crippen molar-refractivity contribution < 1.29 is 8.42 Å². The van der Waals surface area contributed by atoms with Gasteiger partial charge in [-0.05, 0) is 32.9 Å². The van der Waals surface area contributed by atoms with E-state index in [4.69, 9.17) is 0 Å². The van der Waals surface area contributed by atoms with Crippen molar-refractivity contribution in [1.82, 2.24) is 13.9 Å². The molecular weight excluding hydrogens is 262 g/mol. The third-order valence-corrected chi connectivity index (χ3v) is 6.00. The minimum atomic E-state index is -3.29. The molecule has 1 aliphatic rings. The highest BCUT2D eigenvalue weighted by Gasteiger charge is 2.32. The highest BCUT2D eigenvalue weighted by atomic mass is 32.2. The van der Waals surface area contributed by atoms with Gasteiger partial charge in [0.2, 0.25) is 0 Å². The Labute approximate surface area is 118 Å². The standard InChI is InChI=1S/C13H29N3O2S/c1-4-16(13-9-6-5-7-10-13)19(17,18)15(3)12-8-11-14-2/h13-14H,4-12H2,1-3H3. The SMILES string of the molecule is CCN(C1CCCCC1)S(=O)(=O)N(C)CCCNC. The second kappa shape index (κ2) is 8.19. The molecule has 0 aliphatic heterocycles. The van der Waals surface area contributed by atoms with Crippen molar-refractivity contribution in [1.29, 1.82) is 0 Å². The molecule has 0 bridgehead atoms. The Morgan fingerprint density at radius 1 is 1.21 bits per heavy atom. The lowest BCUT2D eigenvalue weighted by Crippen LogP contribution is -2.48. The maximum absolute atomic E-state index is 12.6. The number of nitrogens with zero attached hydrogens (tertiary/aromatic N) is 2. The molecule has 0 heterocycles. The lowest BCUT2D eigenvalue weighted by atomic mass is 9.95.